The number of nitrogens with zero attached hydrogens (tertiary/aromatic N) is 1. The van der Waals surface area contributed by atoms with Gasteiger partial charge in [-0.25, -0.2) is 12.7 Å². The second-order valence-corrected chi connectivity index (χ2v) is 10.2. The van der Waals surface area contributed by atoms with E-state index in [0.717, 1.165) is 17.5 Å². The quantitative estimate of drug-likeness (QED) is 0.636. The molecule has 1 aliphatic heterocycles. The average Bonchev–Trinajstić information content (AvgIpc) is 2.77. The highest BCUT2D eigenvalue weighted by atomic mass is 32.2. The van der Waals surface area contributed by atoms with Gasteiger partial charge in [0.25, 0.3) is 5.91 Å². The minimum atomic E-state index is -3.44. The molecule has 2 amide bonds. The Balaban J connectivity index is 1.59. The van der Waals surface area contributed by atoms with E-state index in [0.29, 0.717) is 43.7 Å². The van der Waals surface area contributed by atoms with E-state index in [9.17, 15) is 18.0 Å². The minimum Gasteiger partial charge on any atom is -0.352 e. The molecule has 0 unspecified atom stereocenters. The van der Waals surface area contributed by atoms with Gasteiger partial charge in [-0.2, -0.15) is 0 Å². The number of aryl methyl sites for hydroxylation is 1. The third-order valence-electron chi connectivity index (χ3n) is 5.61. The molecule has 0 radical (unpaired) electrons. The first-order valence-corrected chi connectivity index (χ1v) is 12.6. The second-order valence-electron chi connectivity index (χ2n) is 8.21. The third-order valence-corrected chi connectivity index (χ3v) is 7.46. The molecule has 0 atom stereocenters. The molecule has 172 valence electrons. The van der Waals surface area contributed by atoms with Crippen molar-refractivity contribution in [3.8, 4) is 0 Å². The van der Waals surface area contributed by atoms with Crippen molar-refractivity contribution in [1.29, 1.82) is 0 Å². The summed E-state index contributed by atoms with van der Waals surface area (Å²) in [6.07, 6.45) is 1.72. The number of anilines is 1. The topological polar surface area (TPSA) is 95.6 Å². The summed E-state index contributed by atoms with van der Waals surface area (Å²) in [5.74, 6) is -0.741. The lowest BCUT2D eigenvalue weighted by molar-refractivity contribution is -0.120. The molecule has 8 heteroatoms. The lowest BCUT2D eigenvalue weighted by atomic mass is 9.97. The van der Waals surface area contributed by atoms with Crippen molar-refractivity contribution in [3.05, 3.63) is 65.2 Å². The number of rotatable bonds is 8. The van der Waals surface area contributed by atoms with Gasteiger partial charge >= 0.3 is 0 Å². The highest BCUT2D eigenvalue weighted by Gasteiger charge is 2.31. The van der Waals surface area contributed by atoms with Crippen LogP contribution in [0.1, 0.15) is 47.7 Å². The van der Waals surface area contributed by atoms with Gasteiger partial charge in [0.15, 0.2) is 0 Å². The molecule has 3 rings (SSSR count). The van der Waals surface area contributed by atoms with E-state index in [-0.39, 0.29) is 23.5 Å². The number of piperidine rings is 1. The van der Waals surface area contributed by atoms with Crippen LogP contribution in [0.25, 0.3) is 0 Å². The number of sulfonamides is 1. The summed E-state index contributed by atoms with van der Waals surface area (Å²) in [4.78, 5) is 25.2. The number of amides is 2. The summed E-state index contributed by atoms with van der Waals surface area (Å²) in [7, 11) is -3.44. The fourth-order valence-corrected chi connectivity index (χ4v) is 5.41. The zero-order chi connectivity index (χ0) is 23.1. The third kappa shape index (κ3) is 6.17. The summed E-state index contributed by atoms with van der Waals surface area (Å²) < 4.78 is 27.1. The molecule has 0 spiro atoms. The summed E-state index contributed by atoms with van der Waals surface area (Å²) in [6.45, 7) is 5.10. The number of para-hydroxylation sites is 1. The van der Waals surface area contributed by atoms with Crippen LogP contribution in [0.5, 0.6) is 0 Å². The molecule has 0 aliphatic carbocycles. The maximum atomic E-state index is 12.8. The van der Waals surface area contributed by atoms with Crippen molar-refractivity contribution in [2.24, 2.45) is 5.92 Å². The summed E-state index contributed by atoms with van der Waals surface area (Å²) in [5, 5.41) is 5.69. The lowest BCUT2D eigenvalue weighted by Gasteiger charge is -2.30. The molecule has 0 aromatic heterocycles. The Morgan fingerprint density at radius 1 is 1.06 bits per heavy atom. The van der Waals surface area contributed by atoms with Crippen LogP contribution in [0, 0.1) is 12.8 Å². The maximum absolute atomic E-state index is 12.8. The maximum Gasteiger partial charge on any atom is 0.253 e. The van der Waals surface area contributed by atoms with E-state index in [1.807, 2.05) is 38.1 Å². The van der Waals surface area contributed by atoms with Gasteiger partial charge in [0.05, 0.1) is 17.0 Å². The van der Waals surface area contributed by atoms with Crippen LogP contribution in [-0.4, -0.2) is 44.2 Å². The van der Waals surface area contributed by atoms with Gasteiger partial charge in [-0.3, -0.25) is 9.59 Å². The van der Waals surface area contributed by atoms with Gasteiger partial charge in [0, 0.05) is 25.6 Å². The first-order valence-electron chi connectivity index (χ1n) is 11.0. The Bertz CT molecular complexity index is 1060. The normalized spacial score (nSPS) is 15.3. The van der Waals surface area contributed by atoms with E-state index in [1.54, 1.807) is 24.3 Å². The summed E-state index contributed by atoms with van der Waals surface area (Å²) in [6, 6.07) is 14.4. The monoisotopic (exact) mass is 457 g/mol. The van der Waals surface area contributed by atoms with Crippen LogP contribution in [-0.2, 0) is 20.6 Å². The first-order chi connectivity index (χ1) is 15.3. The van der Waals surface area contributed by atoms with Crippen molar-refractivity contribution in [1.82, 2.24) is 9.62 Å². The first kappa shape index (κ1) is 23.9. The van der Waals surface area contributed by atoms with Gasteiger partial charge < -0.3 is 10.6 Å². The van der Waals surface area contributed by atoms with Gasteiger partial charge in [0.2, 0.25) is 15.9 Å². The molecular formula is C24H31N3O4S. The predicted molar refractivity (Wildman–Crippen MR) is 126 cm³/mol. The Labute approximate surface area is 190 Å². The van der Waals surface area contributed by atoms with E-state index < -0.39 is 10.0 Å². The zero-order valence-electron chi connectivity index (χ0n) is 18.6. The number of benzene rings is 2. The Morgan fingerprint density at radius 3 is 2.47 bits per heavy atom. The van der Waals surface area contributed by atoms with Crippen LogP contribution >= 0.6 is 0 Å². The summed E-state index contributed by atoms with van der Waals surface area (Å²) >= 11 is 0. The van der Waals surface area contributed by atoms with Crippen molar-refractivity contribution in [2.75, 3.05) is 25.0 Å². The van der Waals surface area contributed by atoms with Gasteiger partial charge in [0.1, 0.15) is 0 Å². The molecule has 2 aromatic carbocycles. The fraction of sp³-hybridized carbons (Fsp3) is 0.417. The minimum absolute atomic E-state index is 0.0359. The highest BCUT2D eigenvalue weighted by Crippen LogP contribution is 2.24. The van der Waals surface area contributed by atoms with E-state index in [4.69, 9.17) is 0 Å². The number of hydrogen-bond acceptors (Lipinski definition) is 4. The van der Waals surface area contributed by atoms with Crippen LogP contribution in [0.2, 0.25) is 0 Å². The number of nitrogens with one attached hydrogen (secondary N) is 2. The van der Waals surface area contributed by atoms with Crippen molar-refractivity contribution in [2.45, 2.75) is 38.9 Å². The Morgan fingerprint density at radius 2 is 1.78 bits per heavy atom. The molecule has 2 N–H and O–H groups in total. The Hall–Kier alpha value is -2.71. The SMILES string of the molecule is CCCNC(=O)c1ccccc1NC(=O)C1CCN(S(=O)(=O)Cc2cccc(C)c2)CC1. The standard InChI is InChI=1S/C24H31N3O4S/c1-3-13-25-24(29)21-9-4-5-10-22(21)26-23(28)20-11-14-27(15-12-20)32(30,31)17-19-8-6-7-18(2)16-19/h4-10,16,20H,3,11-15,17H2,1-2H3,(H,25,29)(H,26,28). The Kier molecular flexibility index (Phi) is 8.04. The zero-order valence-corrected chi connectivity index (χ0v) is 19.5. The van der Waals surface area contributed by atoms with Crippen molar-refractivity contribution in [3.63, 3.8) is 0 Å². The van der Waals surface area contributed by atoms with Crippen LogP contribution < -0.4 is 10.6 Å². The second kappa shape index (κ2) is 10.7. The molecular weight excluding hydrogens is 426 g/mol. The van der Waals surface area contributed by atoms with E-state index in [2.05, 4.69) is 10.6 Å². The molecule has 1 saturated heterocycles. The molecule has 2 aromatic rings. The molecule has 1 fully saturated rings. The van der Waals surface area contributed by atoms with Crippen molar-refractivity contribution >= 4 is 27.5 Å². The van der Waals surface area contributed by atoms with Gasteiger partial charge in [-0.05, 0) is 43.9 Å². The molecule has 0 bridgehead atoms. The van der Waals surface area contributed by atoms with Gasteiger partial charge in [-0.1, -0.05) is 48.9 Å². The van der Waals surface area contributed by atoms with E-state index >= 15 is 0 Å². The van der Waals surface area contributed by atoms with Crippen LogP contribution in [0.15, 0.2) is 48.5 Å². The van der Waals surface area contributed by atoms with Crippen molar-refractivity contribution < 1.29 is 18.0 Å². The highest BCUT2D eigenvalue weighted by molar-refractivity contribution is 7.88. The molecule has 1 heterocycles. The molecule has 7 nitrogen and oxygen atoms in total. The van der Waals surface area contributed by atoms with E-state index in [1.165, 1.54) is 4.31 Å². The van der Waals surface area contributed by atoms with Gasteiger partial charge in [-0.15, -0.1) is 0 Å². The smallest absolute Gasteiger partial charge is 0.253 e. The molecule has 1 aliphatic rings. The number of hydrogen-bond donors (Lipinski definition) is 2. The summed E-state index contributed by atoms with van der Waals surface area (Å²) in [5.41, 5.74) is 2.69. The predicted octanol–water partition coefficient (Wildman–Crippen LogP) is 3.32. The molecule has 32 heavy (non-hydrogen) atoms. The van der Waals surface area contributed by atoms with Crippen LogP contribution in [0.3, 0.4) is 0 Å². The molecule has 0 saturated carbocycles. The average molecular weight is 458 g/mol. The lowest BCUT2D eigenvalue weighted by Crippen LogP contribution is -2.42. The fourth-order valence-electron chi connectivity index (χ4n) is 3.86. The largest absolute Gasteiger partial charge is 0.352 e. The van der Waals surface area contributed by atoms with Crippen LogP contribution in [0.4, 0.5) is 5.69 Å². The number of carbonyl (C=O) groups is 2. The number of carbonyl (C=O) groups excluding carboxylic acids is 2.